The summed E-state index contributed by atoms with van der Waals surface area (Å²) in [7, 11) is 0. The van der Waals surface area contributed by atoms with Crippen molar-refractivity contribution in [3.05, 3.63) is 53.0 Å². The summed E-state index contributed by atoms with van der Waals surface area (Å²) < 4.78 is 11.0. The van der Waals surface area contributed by atoms with Crippen LogP contribution in [0.4, 0.5) is 15.4 Å². The number of rotatable bonds is 4. The van der Waals surface area contributed by atoms with Crippen LogP contribution < -0.4 is 10.2 Å². The van der Waals surface area contributed by atoms with Gasteiger partial charge < -0.3 is 24.6 Å². The van der Waals surface area contributed by atoms with Crippen LogP contribution in [-0.4, -0.2) is 58.3 Å². The summed E-state index contributed by atoms with van der Waals surface area (Å²) in [5.41, 5.74) is 2.35. The average molecular weight is 482 g/mol. The molecule has 188 valence electrons. The zero-order valence-electron chi connectivity index (χ0n) is 21.0. The van der Waals surface area contributed by atoms with Crippen LogP contribution in [0.3, 0.4) is 0 Å². The number of ether oxygens (including phenoxy) is 2. The summed E-state index contributed by atoms with van der Waals surface area (Å²) in [6.45, 7) is 10.2. The van der Waals surface area contributed by atoms with Gasteiger partial charge in [0.1, 0.15) is 23.9 Å². The van der Waals surface area contributed by atoms with E-state index in [1.807, 2.05) is 58.0 Å². The molecule has 1 N–H and O–H groups in total. The predicted molar refractivity (Wildman–Crippen MR) is 132 cm³/mol. The normalized spacial score (nSPS) is 18.0. The predicted octanol–water partition coefficient (Wildman–Crippen LogP) is 3.97. The van der Waals surface area contributed by atoms with E-state index in [0.717, 1.165) is 42.0 Å². The molecule has 0 spiro atoms. The summed E-state index contributed by atoms with van der Waals surface area (Å²) in [4.78, 5) is 38.3. The van der Waals surface area contributed by atoms with Crippen LogP contribution in [0.5, 0.6) is 0 Å². The Kier molecular flexibility index (Phi) is 7.42. The molecule has 1 fully saturated rings. The second kappa shape index (κ2) is 10.5. The van der Waals surface area contributed by atoms with Gasteiger partial charge in [-0.3, -0.25) is 0 Å². The quantitative estimate of drug-likeness (QED) is 0.706. The minimum Gasteiger partial charge on any atom is -0.445 e. The molecule has 2 aliphatic heterocycles. The number of anilines is 1. The van der Waals surface area contributed by atoms with E-state index < -0.39 is 11.7 Å². The minimum absolute atomic E-state index is 0.0280. The standard InChI is InChI=1S/C26H35N5O4/c1-18-27-22-16-31(25(33)35-26(2,3)4)14-12-21(22)23(28-18)30-13-8-11-20(15-30)29-24(32)34-17-19-9-6-5-7-10-19/h5-7,9-10,20H,8,11-17H2,1-4H3,(H,29,32)/t20-/m1/s1. The lowest BCUT2D eigenvalue weighted by atomic mass is 10.0. The molecule has 3 heterocycles. The van der Waals surface area contributed by atoms with E-state index in [1.165, 1.54) is 0 Å². The maximum Gasteiger partial charge on any atom is 0.410 e. The molecule has 1 atom stereocenters. The highest BCUT2D eigenvalue weighted by atomic mass is 16.6. The molecule has 9 heteroatoms. The smallest absolute Gasteiger partial charge is 0.410 e. The number of amides is 2. The second-order valence-electron chi connectivity index (χ2n) is 10.2. The van der Waals surface area contributed by atoms with Crippen molar-refractivity contribution in [3.63, 3.8) is 0 Å². The van der Waals surface area contributed by atoms with E-state index in [0.29, 0.717) is 31.9 Å². The molecule has 4 rings (SSSR count). The van der Waals surface area contributed by atoms with Crippen molar-refractivity contribution in [1.82, 2.24) is 20.2 Å². The summed E-state index contributed by atoms with van der Waals surface area (Å²) in [6.07, 6.45) is 1.76. The van der Waals surface area contributed by atoms with Crippen LogP contribution in [0.2, 0.25) is 0 Å². The number of hydrogen-bond donors (Lipinski definition) is 1. The number of piperidine rings is 1. The van der Waals surface area contributed by atoms with E-state index >= 15 is 0 Å². The Hall–Kier alpha value is -3.36. The highest BCUT2D eigenvalue weighted by molar-refractivity contribution is 5.69. The highest BCUT2D eigenvalue weighted by Crippen LogP contribution is 2.29. The Bertz CT molecular complexity index is 1050. The largest absolute Gasteiger partial charge is 0.445 e. The molecule has 0 unspecified atom stereocenters. The summed E-state index contributed by atoms with van der Waals surface area (Å²) >= 11 is 0. The number of hydrogen-bond acceptors (Lipinski definition) is 7. The summed E-state index contributed by atoms with van der Waals surface area (Å²) in [5.74, 6) is 1.57. The number of alkyl carbamates (subject to hydrolysis) is 1. The van der Waals surface area contributed by atoms with Gasteiger partial charge in [-0.15, -0.1) is 0 Å². The SMILES string of the molecule is Cc1nc2c(c(N3CCC[C@@H](NC(=O)OCc4ccccc4)C3)n1)CCN(C(=O)OC(C)(C)C)C2. The maximum atomic E-state index is 12.6. The van der Waals surface area contributed by atoms with Crippen molar-refractivity contribution in [3.8, 4) is 0 Å². The average Bonchev–Trinajstić information content (AvgIpc) is 2.81. The van der Waals surface area contributed by atoms with Gasteiger partial charge in [0, 0.05) is 31.2 Å². The van der Waals surface area contributed by atoms with E-state index in [4.69, 9.17) is 14.5 Å². The highest BCUT2D eigenvalue weighted by Gasteiger charge is 2.31. The third kappa shape index (κ3) is 6.61. The number of benzene rings is 1. The first-order valence-corrected chi connectivity index (χ1v) is 12.2. The number of nitrogens with one attached hydrogen (secondary N) is 1. The molecule has 0 aliphatic carbocycles. The molecule has 35 heavy (non-hydrogen) atoms. The van der Waals surface area contributed by atoms with Crippen LogP contribution in [0.15, 0.2) is 30.3 Å². The molecule has 0 radical (unpaired) electrons. The van der Waals surface area contributed by atoms with Crippen LogP contribution >= 0.6 is 0 Å². The molecule has 2 amide bonds. The van der Waals surface area contributed by atoms with Crippen LogP contribution in [-0.2, 0) is 29.0 Å². The van der Waals surface area contributed by atoms with E-state index in [2.05, 4.69) is 15.2 Å². The van der Waals surface area contributed by atoms with Crippen LogP contribution in [0, 0.1) is 6.92 Å². The lowest BCUT2D eigenvalue weighted by Crippen LogP contribution is -2.49. The lowest BCUT2D eigenvalue weighted by Gasteiger charge is -2.37. The van der Waals surface area contributed by atoms with E-state index in [-0.39, 0.29) is 18.7 Å². The molecule has 0 saturated carbocycles. The van der Waals surface area contributed by atoms with Gasteiger partial charge in [0.15, 0.2) is 0 Å². The van der Waals surface area contributed by atoms with Gasteiger partial charge in [-0.1, -0.05) is 30.3 Å². The first-order chi connectivity index (χ1) is 16.7. The fourth-order valence-electron chi connectivity index (χ4n) is 4.49. The third-order valence-corrected chi connectivity index (χ3v) is 6.06. The topological polar surface area (TPSA) is 96.9 Å². The Morgan fingerprint density at radius 2 is 1.91 bits per heavy atom. The molecule has 0 bridgehead atoms. The minimum atomic E-state index is -0.540. The van der Waals surface area contributed by atoms with Crippen molar-refractivity contribution in [1.29, 1.82) is 0 Å². The van der Waals surface area contributed by atoms with Gasteiger partial charge >= 0.3 is 12.2 Å². The van der Waals surface area contributed by atoms with Crippen molar-refractivity contribution < 1.29 is 19.1 Å². The van der Waals surface area contributed by atoms with Crippen LogP contribution in [0.1, 0.15) is 56.3 Å². The molecule has 2 aromatic rings. The summed E-state index contributed by atoms with van der Waals surface area (Å²) in [5, 5.41) is 3.01. The zero-order valence-corrected chi connectivity index (χ0v) is 21.0. The second-order valence-corrected chi connectivity index (χ2v) is 10.2. The fourth-order valence-corrected chi connectivity index (χ4v) is 4.49. The maximum absolute atomic E-state index is 12.6. The Morgan fingerprint density at radius 3 is 2.66 bits per heavy atom. The Labute approximate surface area is 206 Å². The Morgan fingerprint density at radius 1 is 1.14 bits per heavy atom. The van der Waals surface area contributed by atoms with E-state index in [9.17, 15) is 9.59 Å². The lowest BCUT2D eigenvalue weighted by molar-refractivity contribution is 0.0220. The number of nitrogens with zero attached hydrogens (tertiary/aromatic N) is 4. The van der Waals surface area contributed by atoms with Crippen LogP contribution in [0.25, 0.3) is 0 Å². The molecule has 1 aromatic carbocycles. The molecule has 1 saturated heterocycles. The molecule has 2 aliphatic rings. The van der Waals surface area contributed by atoms with Crippen molar-refractivity contribution >= 4 is 18.0 Å². The van der Waals surface area contributed by atoms with Gasteiger partial charge in [-0.25, -0.2) is 19.6 Å². The van der Waals surface area contributed by atoms with E-state index in [1.54, 1.807) is 4.90 Å². The fraction of sp³-hybridized carbons (Fsp3) is 0.538. The van der Waals surface area contributed by atoms with Crippen molar-refractivity contribution in [2.45, 2.75) is 71.8 Å². The molecule has 9 nitrogen and oxygen atoms in total. The monoisotopic (exact) mass is 481 g/mol. The first kappa shape index (κ1) is 24.8. The number of aryl methyl sites for hydroxylation is 1. The zero-order chi connectivity index (χ0) is 25.0. The van der Waals surface area contributed by atoms with Gasteiger partial charge in [0.05, 0.1) is 12.2 Å². The molecule has 1 aromatic heterocycles. The number of fused-ring (bicyclic) bond motifs is 1. The van der Waals surface area contributed by atoms with Gasteiger partial charge in [-0.2, -0.15) is 0 Å². The summed E-state index contributed by atoms with van der Waals surface area (Å²) in [6, 6.07) is 9.61. The number of aromatic nitrogens is 2. The molecular formula is C26H35N5O4. The third-order valence-electron chi connectivity index (χ3n) is 6.06. The number of carbonyl (C=O) groups excluding carboxylic acids is 2. The van der Waals surface area contributed by atoms with Gasteiger partial charge in [0.25, 0.3) is 0 Å². The van der Waals surface area contributed by atoms with Gasteiger partial charge in [0.2, 0.25) is 0 Å². The van der Waals surface area contributed by atoms with Crippen molar-refractivity contribution in [2.75, 3.05) is 24.5 Å². The first-order valence-electron chi connectivity index (χ1n) is 12.2. The van der Waals surface area contributed by atoms with Crippen molar-refractivity contribution in [2.24, 2.45) is 0 Å². The van der Waals surface area contributed by atoms with Gasteiger partial charge in [-0.05, 0) is 52.5 Å². The molecular weight excluding hydrogens is 446 g/mol. The Balaban J connectivity index is 1.40. The number of carbonyl (C=O) groups is 2.